The highest BCUT2D eigenvalue weighted by atomic mass is 16.5. The van der Waals surface area contributed by atoms with Crippen molar-refractivity contribution in [3.8, 4) is 6.07 Å². The highest BCUT2D eigenvalue weighted by molar-refractivity contribution is 5.90. The number of rotatable bonds is 3. The number of nitrogens with zero attached hydrogens (tertiary/aromatic N) is 3. The van der Waals surface area contributed by atoms with Gasteiger partial charge in [-0.25, -0.2) is 9.78 Å². The van der Waals surface area contributed by atoms with Gasteiger partial charge in [-0.05, 0) is 25.0 Å². The van der Waals surface area contributed by atoms with Gasteiger partial charge in [0, 0.05) is 19.0 Å². The molecular formula is C17H17N3O4. The van der Waals surface area contributed by atoms with Crippen molar-refractivity contribution in [2.24, 2.45) is 5.92 Å². The first-order valence-electron chi connectivity index (χ1n) is 7.75. The number of likely N-dealkylation sites (tertiary alicyclic amines) is 1. The molecule has 1 aromatic carbocycles. The summed E-state index contributed by atoms with van der Waals surface area (Å²) >= 11 is 0. The molecule has 124 valence electrons. The highest BCUT2D eigenvalue weighted by Crippen LogP contribution is 2.28. The number of nitriles is 1. The number of methoxy groups -OCH3 is 1. The zero-order chi connectivity index (χ0) is 17.1. The maximum atomic E-state index is 12.8. The van der Waals surface area contributed by atoms with Crippen LogP contribution in [-0.2, 0) is 9.53 Å². The summed E-state index contributed by atoms with van der Waals surface area (Å²) in [6.45, 7) is 0.806. The molecule has 1 aliphatic rings. The number of aromatic nitrogens is 1. The molecular weight excluding hydrogens is 310 g/mol. The van der Waals surface area contributed by atoms with Gasteiger partial charge in [-0.15, -0.1) is 0 Å². The number of oxazole rings is 1. The van der Waals surface area contributed by atoms with Crippen molar-refractivity contribution in [1.29, 1.82) is 5.26 Å². The lowest BCUT2D eigenvalue weighted by atomic mass is 9.87. The van der Waals surface area contributed by atoms with Crippen molar-refractivity contribution < 1.29 is 18.7 Å². The molecule has 0 radical (unpaired) electrons. The van der Waals surface area contributed by atoms with Crippen LogP contribution in [0.2, 0.25) is 0 Å². The van der Waals surface area contributed by atoms with Crippen molar-refractivity contribution in [2.75, 3.05) is 20.2 Å². The molecule has 7 heteroatoms. The number of carbonyl (C=O) groups excluding carboxylic acids is 2. The molecule has 0 N–H and O–H groups in total. The predicted molar refractivity (Wildman–Crippen MR) is 84.1 cm³/mol. The third-order valence-electron chi connectivity index (χ3n) is 4.23. The van der Waals surface area contributed by atoms with Gasteiger partial charge < -0.3 is 14.1 Å². The van der Waals surface area contributed by atoms with Crippen LogP contribution in [0.4, 0.5) is 4.79 Å². The summed E-state index contributed by atoms with van der Waals surface area (Å²) in [6.07, 6.45) is 0.866. The molecule has 7 nitrogen and oxygen atoms in total. The zero-order valence-corrected chi connectivity index (χ0v) is 13.3. The summed E-state index contributed by atoms with van der Waals surface area (Å²) in [7, 11) is 1.31. The minimum absolute atomic E-state index is 0.110. The number of hydrogen-bond acceptors (Lipinski definition) is 6. The van der Waals surface area contributed by atoms with Gasteiger partial charge in [0.2, 0.25) is 5.89 Å². The van der Waals surface area contributed by atoms with E-state index in [1.54, 1.807) is 18.2 Å². The van der Waals surface area contributed by atoms with Crippen LogP contribution >= 0.6 is 0 Å². The van der Waals surface area contributed by atoms with E-state index in [1.807, 2.05) is 12.1 Å². The molecule has 1 amide bonds. The summed E-state index contributed by atoms with van der Waals surface area (Å²) < 4.78 is 10.3. The first-order valence-corrected chi connectivity index (χ1v) is 7.75. The first-order chi connectivity index (χ1) is 11.6. The van der Waals surface area contributed by atoms with Crippen LogP contribution < -0.4 is 0 Å². The Morgan fingerprint density at radius 3 is 2.96 bits per heavy atom. The average Bonchev–Trinajstić information content (AvgIpc) is 3.05. The zero-order valence-electron chi connectivity index (χ0n) is 13.3. The first kappa shape index (κ1) is 16.0. The van der Waals surface area contributed by atoms with Crippen LogP contribution in [-0.4, -0.2) is 42.0 Å². The lowest BCUT2D eigenvalue weighted by Crippen LogP contribution is -2.43. The quantitative estimate of drug-likeness (QED) is 0.859. The number of piperidine rings is 1. The Bertz CT molecular complexity index is 775. The summed E-state index contributed by atoms with van der Waals surface area (Å²) in [4.78, 5) is 30.2. The lowest BCUT2D eigenvalue weighted by molar-refractivity contribution is -0.124. The Hall–Kier alpha value is -2.88. The van der Waals surface area contributed by atoms with E-state index in [4.69, 9.17) is 9.15 Å². The number of carbonyl (C=O) groups is 2. The number of amides is 1. The van der Waals surface area contributed by atoms with E-state index in [9.17, 15) is 14.9 Å². The Balaban J connectivity index is 1.81. The Morgan fingerprint density at radius 2 is 2.25 bits per heavy atom. The second-order valence-electron chi connectivity index (χ2n) is 5.74. The van der Waals surface area contributed by atoms with Crippen molar-refractivity contribution in [3.63, 3.8) is 0 Å². The molecule has 1 aliphatic heterocycles. The second kappa shape index (κ2) is 6.71. The standard InChI is InChI=1S/C17H17N3O4/c1-23-17(22)20-8-4-5-11(10-20)15(21)12(9-18)16-19-13-6-2-3-7-14(13)24-16/h2-3,6-7,11-12H,4-5,8,10H2,1H3/t11-,12+/m1/s1. The molecule has 1 saturated heterocycles. The van der Waals surface area contributed by atoms with Crippen molar-refractivity contribution in [1.82, 2.24) is 9.88 Å². The van der Waals surface area contributed by atoms with Crippen LogP contribution in [0, 0.1) is 17.2 Å². The van der Waals surface area contributed by atoms with Crippen molar-refractivity contribution in [3.05, 3.63) is 30.2 Å². The van der Waals surface area contributed by atoms with Crippen molar-refractivity contribution >= 4 is 23.0 Å². The fourth-order valence-electron chi connectivity index (χ4n) is 2.99. The van der Waals surface area contributed by atoms with Gasteiger partial charge in [0.1, 0.15) is 5.52 Å². The van der Waals surface area contributed by atoms with Crippen LogP contribution in [0.5, 0.6) is 0 Å². The SMILES string of the molecule is COC(=O)N1CCC[C@@H](C(=O)[C@H](C#N)c2nc3ccccc3o2)C1. The number of ketones is 1. The third-order valence-corrected chi connectivity index (χ3v) is 4.23. The van der Waals surface area contributed by atoms with E-state index in [2.05, 4.69) is 4.98 Å². The van der Waals surface area contributed by atoms with Crippen LogP contribution in [0.3, 0.4) is 0 Å². The Kier molecular flexibility index (Phi) is 4.47. The van der Waals surface area contributed by atoms with E-state index in [0.29, 0.717) is 30.5 Å². The molecule has 0 unspecified atom stereocenters. The van der Waals surface area contributed by atoms with E-state index in [-0.39, 0.29) is 18.2 Å². The van der Waals surface area contributed by atoms with E-state index < -0.39 is 17.9 Å². The van der Waals surface area contributed by atoms with Gasteiger partial charge >= 0.3 is 6.09 Å². The number of ether oxygens (including phenoxy) is 1. The second-order valence-corrected chi connectivity index (χ2v) is 5.74. The van der Waals surface area contributed by atoms with Crippen LogP contribution in [0.15, 0.2) is 28.7 Å². The summed E-state index contributed by atoms with van der Waals surface area (Å²) in [5, 5.41) is 9.45. The predicted octanol–water partition coefficient (Wildman–Crippen LogP) is 2.48. The van der Waals surface area contributed by atoms with Gasteiger partial charge in [-0.1, -0.05) is 12.1 Å². The van der Waals surface area contributed by atoms with Gasteiger partial charge in [-0.3, -0.25) is 4.79 Å². The molecule has 1 aromatic heterocycles. The molecule has 2 heterocycles. The maximum Gasteiger partial charge on any atom is 0.409 e. The fraction of sp³-hybridized carbons (Fsp3) is 0.412. The van der Waals surface area contributed by atoms with Crippen LogP contribution in [0.1, 0.15) is 24.7 Å². The third kappa shape index (κ3) is 2.95. The Morgan fingerprint density at radius 1 is 1.46 bits per heavy atom. The number of Topliss-reactive ketones (excluding diaryl/α,β-unsaturated/α-hetero) is 1. The maximum absolute atomic E-state index is 12.8. The van der Waals surface area contributed by atoms with Gasteiger partial charge in [0.05, 0.1) is 13.2 Å². The molecule has 0 bridgehead atoms. The summed E-state index contributed by atoms with van der Waals surface area (Å²) in [5.41, 5.74) is 1.15. The van der Waals surface area contributed by atoms with E-state index in [0.717, 1.165) is 0 Å². The minimum atomic E-state index is -1.07. The largest absolute Gasteiger partial charge is 0.453 e. The van der Waals surface area contributed by atoms with E-state index in [1.165, 1.54) is 12.0 Å². The molecule has 3 rings (SSSR count). The molecule has 2 atom stereocenters. The topological polar surface area (TPSA) is 96.4 Å². The minimum Gasteiger partial charge on any atom is -0.453 e. The monoisotopic (exact) mass is 327 g/mol. The number of fused-ring (bicyclic) bond motifs is 1. The number of benzene rings is 1. The number of hydrogen-bond donors (Lipinski definition) is 0. The smallest absolute Gasteiger partial charge is 0.409 e. The fourth-order valence-corrected chi connectivity index (χ4v) is 2.99. The molecule has 0 saturated carbocycles. The molecule has 2 aromatic rings. The number of para-hydroxylation sites is 2. The Labute approximate surface area is 138 Å². The van der Waals surface area contributed by atoms with Gasteiger partial charge in [0.25, 0.3) is 0 Å². The normalized spacial score (nSPS) is 18.8. The van der Waals surface area contributed by atoms with Gasteiger partial charge in [0.15, 0.2) is 17.3 Å². The average molecular weight is 327 g/mol. The van der Waals surface area contributed by atoms with E-state index >= 15 is 0 Å². The lowest BCUT2D eigenvalue weighted by Gasteiger charge is -2.31. The van der Waals surface area contributed by atoms with Crippen LogP contribution in [0.25, 0.3) is 11.1 Å². The van der Waals surface area contributed by atoms with Gasteiger partial charge in [-0.2, -0.15) is 5.26 Å². The molecule has 24 heavy (non-hydrogen) atoms. The highest BCUT2D eigenvalue weighted by Gasteiger charge is 2.35. The molecule has 0 spiro atoms. The summed E-state index contributed by atoms with van der Waals surface area (Å²) in [5.74, 6) is -1.64. The molecule has 1 fully saturated rings. The molecule has 0 aliphatic carbocycles. The van der Waals surface area contributed by atoms with Crippen molar-refractivity contribution in [2.45, 2.75) is 18.8 Å². The summed E-state index contributed by atoms with van der Waals surface area (Å²) in [6, 6.07) is 9.11.